The maximum atomic E-state index is 6.13. The molecule has 0 saturated carbocycles. The smallest absolute Gasteiger partial charge is 0.0335 e. The van der Waals surface area contributed by atoms with Crippen LogP contribution in [0.4, 0.5) is 0 Å². The molecule has 4 N–H and O–H groups in total. The van der Waals surface area contributed by atoms with Gasteiger partial charge in [0.15, 0.2) is 0 Å². The lowest BCUT2D eigenvalue weighted by Crippen LogP contribution is -2.12. The molecule has 0 aromatic heterocycles. The highest BCUT2D eigenvalue weighted by Crippen LogP contribution is 2.15. The van der Waals surface area contributed by atoms with Crippen molar-refractivity contribution in [3.05, 3.63) is 71.8 Å². The standard InChI is InChI=1S/C14H15N.H2INS/c15-14(13-9-5-2-6-10-13)11-12-7-3-1-4-8-12;1-3-2/h1-10,14H,11,15H2;2H2. The Hall–Kier alpha value is -0.560. The molecule has 0 fully saturated rings. The summed E-state index contributed by atoms with van der Waals surface area (Å²) in [5, 5.41) is 4.75. The van der Waals surface area contributed by atoms with Crippen molar-refractivity contribution in [3.8, 4) is 0 Å². The van der Waals surface area contributed by atoms with E-state index < -0.39 is 0 Å². The summed E-state index contributed by atoms with van der Waals surface area (Å²) in [6.45, 7) is 0. The molecule has 0 aliphatic heterocycles. The van der Waals surface area contributed by atoms with Crippen molar-refractivity contribution in [1.82, 2.24) is 0 Å². The highest BCUT2D eigenvalue weighted by atomic mass is 127. The van der Waals surface area contributed by atoms with Crippen LogP contribution in [0, 0.1) is 0 Å². The van der Waals surface area contributed by atoms with Crippen LogP contribution in [0.1, 0.15) is 17.2 Å². The van der Waals surface area contributed by atoms with Crippen LogP contribution in [-0.4, -0.2) is 0 Å². The summed E-state index contributed by atoms with van der Waals surface area (Å²) in [4.78, 5) is 0. The molecular formula is C14H17IN2S. The lowest BCUT2D eigenvalue weighted by Gasteiger charge is -2.11. The lowest BCUT2D eigenvalue weighted by molar-refractivity contribution is 0.722. The predicted octanol–water partition coefficient (Wildman–Crippen LogP) is 3.87. The highest BCUT2D eigenvalue weighted by molar-refractivity contribution is 14.2. The van der Waals surface area contributed by atoms with Gasteiger partial charge in [0.1, 0.15) is 0 Å². The van der Waals surface area contributed by atoms with Crippen LogP contribution in [0.5, 0.6) is 0 Å². The molecule has 2 aromatic rings. The molecule has 96 valence electrons. The van der Waals surface area contributed by atoms with Crippen molar-refractivity contribution in [2.24, 2.45) is 10.9 Å². The second kappa shape index (κ2) is 9.38. The second-order valence-corrected chi connectivity index (χ2v) is 5.50. The van der Waals surface area contributed by atoms with Crippen molar-refractivity contribution in [2.45, 2.75) is 12.5 Å². The first-order valence-corrected chi connectivity index (χ1v) is 9.02. The quantitative estimate of drug-likeness (QED) is 0.635. The number of rotatable bonds is 3. The van der Waals surface area contributed by atoms with E-state index in [0.717, 1.165) is 6.42 Å². The molecule has 0 radical (unpaired) electrons. The van der Waals surface area contributed by atoms with Gasteiger partial charge in [0.2, 0.25) is 0 Å². The van der Waals surface area contributed by atoms with Crippen LogP contribution in [0.25, 0.3) is 0 Å². The Labute approximate surface area is 125 Å². The van der Waals surface area contributed by atoms with E-state index in [0.29, 0.717) is 0 Å². The fourth-order valence-corrected chi connectivity index (χ4v) is 1.69. The Bertz CT molecular complexity index is 422. The van der Waals surface area contributed by atoms with Gasteiger partial charge in [-0.2, -0.15) is 0 Å². The minimum atomic E-state index is 0.0913. The molecule has 1 unspecified atom stereocenters. The van der Waals surface area contributed by atoms with Crippen LogP contribution in [0.2, 0.25) is 0 Å². The molecule has 0 amide bonds. The Kier molecular flexibility index (Phi) is 8.08. The molecule has 2 aromatic carbocycles. The number of benzene rings is 2. The normalized spacial score (nSPS) is 11.3. The molecular weight excluding hydrogens is 355 g/mol. The molecule has 2 rings (SSSR count). The van der Waals surface area contributed by atoms with E-state index >= 15 is 0 Å². The third kappa shape index (κ3) is 5.86. The van der Waals surface area contributed by atoms with Gasteiger partial charge in [0, 0.05) is 27.2 Å². The van der Waals surface area contributed by atoms with Crippen molar-refractivity contribution in [3.63, 3.8) is 0 Å². The second-order valence-electron chi connectivity index (χ2n) is 3.80. The van der Waals surface area contributed by atoms with Crippen molar-refractivity contribution in [1.29, 1.82) is 0 Å². The summed E-state index contributed by atoms with van der Waals surface area (Å²) in [6.07, 6.45) is 0.894. The third-order valence-electron chi connectivity index (χ3n) is 2.53. The van der Waals surface area contributed by atoms with E-state index in [1.165, 1.54) is 20.2 Å². The molecule has 0 heterocycles. The Balaban J connectivity index is 0.000000492. The molecule has 1 atom stereocenters. The first-order valence-electron chi connectivity index (χ1n) is 5.60. The minimum absolute atomic E-state index is 0.0913. The molecule has 0 aliphatic carbocycles. The summed E-state index contributed by atoms with van der Waals surface area (Å²) < 4.78 is 0. The third-order valence-corrected chi connectivity index (χ3v) is 2.53. The SMILES string of the molecule is NC(Cc1ccccc1)c1ccccc1.NSI. The van der Waals surface area contributed by atoms with Gasteiger partial charge in [-0.15, -0.1) is 0 Å². The summed E-state index contributed by atoms with van der Waals surface area (Å²) in [7, 11) is 1.22. The molecule has 0 saturated heterocycles. The number of nitrogens with two attached hydrogens (primary N) is 2. The average molecular weight is 372 g/mol. The monoisotopic (exact) mass is 372 g/mol. The number of halogens is 1. The van der Waals surface area contributed by atoms with Gasteiger partial charge in [-0.1, -0.05) is 60.7 Å². The first-order chi connectivity index (χ1) is 8.77. The summed E-state index contributed by atoms with van der Waals surface area (Å²) in [5.41, 5.74) is 8.61. The van der Waals surface area contributed by atoms with Crippen molar-refractivity contribution < 1.29 is 0 Å². The van der Waals surface area contributed by atoms with Gasteiger partial charge >= 0.3 is 0 Å². The first kappa shape index (κ1) is 15.5. The van der Waals surface area contributed by atoms with Gasteiger partial charge in [-0.3, -0.25) is 5.14 Å². The fourth-order valence-electron chi connectivity index (χ4n) is 1.69. The molecule has 0 spiro atoms. The summed E-state index contributed by atoms with van der Waals surface area (Å²) in [5.74, 6) is 0. The van der Waals surface area contributed by atoms with Gasteiger partial charge in [-0.05, 0) is 26.7 Å². The van der Waals surface area contributed by atoms with E-state index in [1.54, 1.807) is 0 Å². The Morgan fingerprint density at radius 1 is 0.944 bits per heavy atom. The molecule has 0 aliphatic rings. The molecule has 2 nitrogen and oxygen atoms in total. The lowest BCUT2D eigenvalue weighted by atomic mass is 10.00. The van der Waals surface area contributed by atoms with Crippen molar-refractivity contribution in [2.75, 3.05) is 0 Å². The largest absolute Gasteiger partial charge is 0.324 e. The van der Waals surface area contributed by atoms with Crippen LogP contribution in [0.3, 0.4) is 0 Å². The van der Waals surface area contributed by atoms with E-state index in [2.05, 4.69) is 24.3 Å². The van der Waals surface area contributed by atoms with E-state index in [4.69, 9.17) is 10.9 Å². The minimum Gasteiger partial charge on any atom is -0.324 e. The van der Waals surface area contributed by atoms with Crippen LogP contribution < -0.4 is 10.9 Å². The topological polar surface area (TPSA) is 52.0 Å². The zero-order valence-corrected chi connectivity index (χ0v) is 13.0. The Morgan fingerprint density at radius 2 is 1.39 bits per heavy atom. The number of hydrogen-bond donors (Lipinski definition) is 2. The Morgan fingerprint density at radius 3 is 1.89 bits per heavy atom. The van der Waals surface area contributed by atoms with Crippen LogP contribution in [-0.2, 0) is 6.42 Å². The molecule has 4 heteroatoms. The van der Waals surface area contributed by atoms with Gasteiger partial charge in [-0.25, -0.2) is 0 Å². The van der Waals surface area contributed by atoms with E-state index in [9.17, 15) is 0 Å². The van der Waals surface area contributed by atoms with Crippen LogP contribution >= 0.6 is 30.3 Å². The van der Waals surface area contributed by atoms with Gasteiger partial charge in [0.25, 0.3) is 0 Å². The maximum Gasteiger partial charge on any atom is 0.0335 e. The highest BCUT2D eigenvalue weighted by Gasteiger charge is 2.05. The van der Waals surface area contributed by atoms with Gasteiger partial charge < -0.3 is 5.73 Å². The summed E-state index contributed by atoms with van der Waals surface area (Å²) >= 11 is 1.98. The van der Waals surface area contributed by atoms with Crippen molar-refractivity contribution >= 4 is 30.3 Å². The van der Waals surface area contributed by atoms with E-state index in [1.807, 2.05) is 57.6 Å². The van der Waals surface area contributed by atoms with Gasteiger partial charge in [0.05, 0.1) is 0 Å². The average Bonchev–Trinajstić information content (AvgIpc) is 2.42. The zero-order chi connectivity index (χ0) is 13.2. The number of hydrogen-bond acceptors (Lipinski definition) is 3. The fraction of sp³-hybridized carbons (Fsp3) is 0.143. The van der Waals surface area contributed by atoms with E-state index in [-0.39, 0.29) is 6.04 Å². The summed E-state index contributed by atoms with van der Waals surface area (Å²) in [6, 6.07) is 20.7. The molecule has 18 heavy (non-hydrogen) atoms. The predicted molar refractivity (Wildman–Crippen MR) is 89.3 cm³/mol. The molecule has 0 bridgehead atoms. The zero-order valence-electron chi connectivity index (χ0n) is 10.00. The van der Waals surface area contributed by atoms with Crippen LogP contribution in [0.15, 0.2) is 60.7 Å². The maximum absolute atomic E-state index is 6.13.